The number of carboxylic acid groups (broad SMARTS) is 2. The number of aliphatic carboxylic acids is 2. The molecule has 0 aliphatic rings. The van der Waals surface area contributed by atoms with Gasteiger partial charge in [-0.05, 0) is 12.3 Å². The second-order valence-electron chi connectivity index (χ2n) is 3.56. The Morgan fingerprint density at radius 1 is 1.12 bits per heavy atom. The highest BCUT2D eigenvalue weighted by Gasteiger charge is 2.13. The van der Waals surface area contributed by atoms with Crippen LogP contribution in [-0.4, -0.2) is 22.2 Å². The van der Waals surface area contributed by atoms with Crippen LogP contribution < -0.4 is 0 Å². The van der Waals surface area contributed by atoms with E-state index in [1.165, 1.54) is 0 Å². The molecule has 0 heterocycles. The Morgan fingerprint density at radius 2 is 1.69 bits per heavy atom. The van der Waals surface area contributed by atoms with Gasteiger partial charge in [0.05, 0.1) is 12.8 Å². The molecule has 4 heteroatoms. The Balaban J connectivity index is 4.18. The first-order chi connectivity index (χ1) is 7.56. The number of carboxylic acids is 2. The summed E-state index contributed by atoms with van der Waals surface area (Å²) < 4.78 is 0. The molecule has 0 bridgehead atoms. The van der Waals surface area contributed by atoms with Crippen molar-refractivity contribution in [3.8, 4) is 0 Å². The van der Waals surface area contributed by atoms with Gasteiger partial charge in [-0.1, -0.05) is 37.6 Å². The van der Waals surface area contributed by atoms with Gasteiger partial charge >= 0.3 is 11.9 Å². The molecule has 0 aromatic carbocycles. The maximum absolute atomic E-state index is 10.5. The fraction of sp³-hybridized carbons (Fsp3) is 0.500. The minimum Gasteiger partial charge on any atom is -0.481 e. The molecule has 0 fully saturated rings. The third kappa shape index (κ3) is 8.99. The summed E-state index contributed by atoms with van der Waals surface area (Å²) in [6.07, 6.45) is 8.86. The van der Waals surface area contributed by atoms with E-state index < -0.39 is 17.9 Å². The topological polar surface area (TPSA) is 74.6 Å². The molecule has 0 aromatic rings. The number of hydrogen-bond donors (Lipinski definition) is 2. The summed E-state index contributed by atoms with van der Waals surface area (Å²) in [4.78, 5) is 21.0. The molecule has 90 valence electrons. The minimum atomic E-state index is -0.978. The van der Waals surface area contributed by atoms with Crippen molar-refractivity contribution in [2.24, 2.45) is 5.92 Å². The van der Waals surface area contributed by atoms with Crippen molar-refractivity contribution in [1.82, 2.24) is 0 Å². The van der Waals surface area contributed by atoms with Crippen LogP contribution in [0.4, 0.5) is 0 Å². The van der Waals surface area contributed by atoms with E-state index >= 15 is 0 Å². The molecule has 0 aliphatic heterocycles. The first-order valence-electron chi connectivity index (χ1n) is 5.33. The summed E-state index contributed by atoms with van der Waals surface area (Å²) in [5.74, 6) is -2.40. The van der Waals surface area contributed by atoms with Crippen molar-refractivity contribution in [2.75, 3.05) is 0 Å². The van der Waals surface area contributed by atoms with E-state index in [-0.39, 0.29) is 12.8 Å². The zero-order valence-electron chi connectivity index (χ0n) is 9.43. The quantitative estimate of drug-likeness (QED) is 0.623. The Kier molecular flexibility index (Phi) is 7.85. The summed E-state index contributed by atoms with van der Waals surface area (Å²) in [6, 6.07) is 0. The highest BCUT2D eigenvalue weighted by Crippen LogP contribution is 2.10. The van der Waals surface area contributed by atoms with E-state index in [0.717, 1.165) is 12.8 Å². The fourth-order valence-corrected chi connectivity index (χ4v) is 1.22. The van der Waals surface area contributed by atoms with Crippen LogP contribution in [0.3, 0.4) is 0 Å². The molecule has 0 saturated carbocycles. The van der Waals surface area contributed by atoms with E-state index in [9.17, 15) is 9.59 Å². The number of unbranched alkanes of at least 4 members (excludes halogenated alkanes) is 1. The van der Waals surface area contributed by atoms with Gasteiger partial charge in [0.15, 0.2) is 0 Å². The molecule has 2 N–H and O–H groups in total. The zero-order valence-corrected chi connectivity index (χ0v) is 9.43. The van der Waals surface area contributed by atoms with E-state index in [1.54, 1.807) is 12.2 Å². The molecule has 0 unspecified atom stereocenters. The van der Waals surface area contributed by atoms with Gasteiger partial charge in [-0.25, -0.2) is 0 Å². The third-order valence-corrected chi connectivity index (χ3v) is 1.96. The van der Waals surface area contributed by atoms with Gasteiger partial charge < -0.3 is 10.2 Å². The predicted octanol–water partition coefficient (Wildman–Crippen LogP) is 2.46. The molecule has 0 amide bonds. The monoisotopic (exact) mass is 226 g/mol. The van der Waals surface area contributed by atoms with Gasteiger partial charge in [-0.15, -0.1) is 0 Å². The molecule has 4 nitrogen and oxygen atoms in total. The molecule has 0 saturated heterocycles. The van der Waals surface area contributed by atoms with Gasteiger partial charge in [-0.3, -0.25) is 9.59 Å². The van der Waals surface area contributed by atoms with Crippen LogP contribution in [0.1, 0.15) is 32.6 Å². The first-order valence-corrected chi connectivity index (χ1v) is 5.33. The fourth-order valence-electron chi connectivity index (χ4n) is 1.22. The normalized spacial score (nSPS) is 11.6. The Morgan fingerprint density at radius 3 is 2.12 bits per heavy atom. The van der Waals surface area contributed by atoms with Crippen molar-refractivity contribution in [3.05, 3.63) is 24.3 Å². The van der Waals surface area contributed by atoms with E-state index in [1.807, 2.05) is 12.2 Å². The van der Waals surface area contributed by atoms with Crippen LogP contribution in [0.25, 0.3) is 0 Å². The second kappa shape index (κ2) is 8.71. The lowest BCUT2D eigenvalue weighted by molar-refractivity contribution is -0.139. The Hall–Kier alpha value is -1.58. The van der Waals surface area contributed by atoms with E-state index in [4.69, 9.17) is 10.2 Å². The van der Waals surface area contributed by atoms with E-state index in [2.05, 4.69) is 6.92 Å². The molecule has 16 heavy (non-hydrogen) atoms. The summed E-state index contributed by atoms with van der Waals surface area (Å²) in [6.45, 7) is 2.06. The summed E-state index contributed by atoms with van der Waals surface area (Å²) >= 11 is 0. The average molecular weight is 226 g/mol. The van der Waals surface area contributed by atoms with Crippen LogP contribution in [-0.2, 0) is 9.59 Å². The van der Waals surface area contributed by atoms with Gasteiger partial charge in [0.1, 0.15) is 0 Å². The van der Waals surface area contributed by atoms with Gasteiger partial charge in [-0.2, -0.15) is 0 Å². The second-order valence-corrected chi connectivity index (χ2v) is 3.56. The van der Waals surface area contributed by atoms with Crippen LogP contribution >= 0.6 is 0 Å². The third-order valence-electron chi connectivity index (χ3n) is 1.96. The van der Waals surface area contributed by atoms with Crippen LogP contribution in [0.15, 0.2) is 24.3 Å². The number of rotatable bonds is 8. The van der Waals surface area contributed by atoms with Crippen molar-refractivity contribution in [3.63, 3.8) is 0 Å². The van der Waals surface area contributed by atoms with Gasteiger partial charge in [0.25, 0.3) is 0 Å². The molecule has 0 atom stereocenters. The molecule has 0 spiro atoms. The molecular weight excluding hydrogens is 208 g/mol. The van der Waals surface area contributed by atoms with Crippen LogP contribution in [0.5, 0.6) is 0 Å². The van der Waals surface area contributed by atoms with Gasteiger partial charge in [0, 0.05) is 0 Å². The van der Waals surface area contributed by atoms with Crippen molar-refractivity contribution in [1.29, 1.82) is 0 Å². The van der Waals surface area contributed by atoms with Crippen molar-refractivity contribution < 1.29 is 19.8 Å². The highest BCUT2D eigenvalue weighted by atomic mass is 16.4. The lowest BCUT2D eigenvalue weighted by Crippen LogP contribution is -2.10. The van der Waals surface area contributed by atoms with Crippen molar-refractivity contribution in [2.45, 2.75) is 32.6 Å². The lowest BCUT2D eigenvalue weighted by atomic mass is 10.0. The SMILES string of the molecule is CCC/C=C/C=C/C(CC(=O)O)CC(=O)O. The molecular formula is C12H18O4. The largest absolute Gasteiger partial charge is 0.481 e. The summed E-state index contributed by atoms with van der Waals surface area (Å²) in [5.41, 5.74) is 0. The molecule has 0 aliphatic carbocycles. The Labute approximate surface area is 95.3 Å². The molecule has 0 radical (unpaired) electrons. The van der Waals surface area contributed by atoms with Crippen molar-refractivity contribution >= 4 is 11.9 Å². The zero-order chi connectivity index (χ0) is 12.4. The maximum Gasteiger partial charge on any atom is 0.303 e. The highest BCUT2D eigenvalue weighted by molar-refractivity contribution is 5.71. The minimum absolute atomic E-state index is 0.148. The average Bonchev–Trinajstić information content (AvgIpc) is 2.15. The maximum atomic E-state index is 10.5. The lowest BCUT2D eigenvalue weighted by Gasteiger charge is -2.05. The standard InChI is InChI=1S/C12H18O4/c1-2-3-4-5-6-7-10(8-11(13)14)9-12(15)16/h4-7,10H,2-3,8-9H2,1H3,(H,13,14)(H,15,16)/b5-4+,7-6+. The van der Waals surface area contributed by atoms with Gasteiger partial charge in [0.2, 0.25) is 0 Å². The smallest absolute Gasteiger partial charge is 0.303 e. The number of hydrogen-bond acceptors (Lipinski definition) is 2. The van der Waals surface area contributed by atoms with Crippen LogP contribution in [0.2, 0.25) is 0 Å². The first kappa shape index (κ1) is 14.4. The van der Waals surface area contributed by atoms with E-state index in [0.29, 0.717) is 0 Å². The number of carbonyl (C=O) groups is 2. The van der Waals surface area contributed by atoms with Crippen LogP contribution in [0, 0.1) is 5.92 Å². The number of allylic oxidation sites excluding steroid dienone is 4. The molecule has 0 rings (SSSR count). The Bertz CT molecular complexity index is 263. The molecule has 0 aromatic heterocycles. The summed E-state index contributed by atoms with van der Waals surface area (Å²) in [7, 11) is 0. The summed E-state index contributed by atoms with van der Waals surface area (Å²) in [5, 5.41) is 17.2. The predicted molar refractivity (Wildman–Crippen MR) is 61.2 cm³/mol.